The SMILES string of the molecule is Cc1ncsc1-c1ccc(CNC(=O)C2CC(O)CN2C(=O)C(NC(=O)COCCOCCOCCOCCOCCOCCOCCOCCOCCOCCOCCCC(=O)O)C(C)(C)C)cc1. The predicted octanol–water partition coefficient (Wildman–Crippen LogP) is 2.27. The molecule has 1 aliphatic rings. The van der Waals surface area contributed by atoms with Crippen molar-refractivity contribution in [3.8, 4) is 10.4 Å². The number of benzene rings is 1. The van der Waals surface area contributed by atoms with Gasteiger partial charge in [-0.2, -0.15) is 0 Å². The first-order valence-corrected chi connectivity index (χ1v) is 24.9. The Morgan fingerprint density at radius 2 is 1.11 bits per heavy atom. The summed E-state index contributed by atoms with van der Waals surface area (Å²) in [6, 6.07) is 6.00. The van der Waals surface area contributed by atoms with Crippen LogP contribution in [0.2, 0.25) is 0 Å². The van der Waals surface area contributed by atoms with Gasteiger partial charge in [-0.1, -0.05) is 45.0 Å². The van der Waals surface area contributed by atoms with Crippen molar-refractivity contribution in [2.75, 3.05) is 152 Å². The molecular formula is C48H78N4O17S. The lowest BCUT2D eigenvalue weighted by atomic mass is 9.85. The van der Waals surface area contributed by atoms with Crippen LogP contribution < -0.4 is 10.6 Å². The number of aliphatic carboxylic acids is 1. The number of amides is 3. The van der Waals surface area contributed by atoms with Gasteiger partial charge in [-0.05, 0) is 29.9 Å². The zero-order chi connectivity index (χ0) is 50.7. The van der Waals surface area contributed by atoms with Crippen molar-refractivity contribution in [1.29, 1.82) is 0 Å². The van der Waals surface area contributed by atoms with Gasteiger partial charge in [0.15, 0.2) is 0 Å². The van der Waals surface area contributed by atoms with Crippen LogP contribution in [0.1, 0.15) is 51.3 Å². The van der Waals surface area contributed by atoms with Crippen molar-refractivity contribution in [3.05, 3.63) is 41.0 Å². The summed E-state index contributed by atoms with van der Waals surface area (Å²) in [5.74, 6) is -2.13. The number of rotatable bonds is 42. The van der Waals surface area contributed by atoms with Crippen LogP contribution in [0.4, 0.5) is 0 Å². The van der Waals surface area contributed by atoms with Gasteiger partial charge in [-0.3, -0.25) is 19.2 Å². The van der Waals surface area contributed by atoms with E-state index in [0.717, 1.165) is 21.7 Å². The molecule has 3 amide bonds. The van der Waals surface area contributed by atoms with Gasteiger partial charge in [0.1, 0.15) is 18.7 Å². The van der Waals surface area contributed by atoms with E-state index in [1.54, 1.807) is 11.3 Å². The molecule has 0 aliphatic carbocycles. The van der Waals surface area contributed by atoms with Gasteiger partial charge in [-0.25, -0.2) is 4.98 Å². The zero-order valence-corrected chi connectivity index (χ0v) is 42.3. The Kier molecular flexibility index (Phi) is 32.1. The van der Waals surface area contributed by atoms with Crippen molar-refractivity contribution in [2.45, 2.75) is 71.7 Å². The fourth-order valence-electron chi connectivity index (χ4n) is 6.67. The number of nitrogens with zero attached hydrogens (tertiary/aromatic N) is 2. The molecule has 2 heterocycles. The van der Waals surface area contributed by atoms with Gasteiger partial charge in [0.05, 0.1) is 154 Å². The molecule has 3 rings (SSSR count). The molecule has 1 aromatic heterocycles. The van der Waals surface area contributed by atoms with Crippen molar-refractivity contribution < 1.29 is 81.5 Å². The van der Waals surface area contributed by atoms with Crippen LogP contribution in [0, 0.1) is 12.3 Å². The first kappa shape index (κ1) is 60.6. The summed E-state index contributed by atoms with van der Waals surface area (Å²) in [6.45, 7) is 16.0. The molecule has 2 aromatic rings. The second-order valence-electron chi connectivity index (χ2n) is 17.1. The summed E-state index contributed by atoms with van der Waals surface area (Å²) in [5.41, 5.74) is 4.01. The summed E-state index contributed by atoms with van der Waals surface area (Å²) in [5, 5.41) is 24.8. The van der Waals surface area contributed by atoms with Crippen LogP contribution >= 0.6 is 11.3 Å². The Bertz CT molecular complexity index is 1720. The van der Waals surface area contributed by atoms with Crippen LogP contribution in [0.15, 0.2) is 29.8 Å². The minimum absolute atomic E-state index is 0.0178. The number of ether oxygens (including phenoxy) is 11. The number of hydrogen-bond acceptors (Lipinski definition) is 18. The van der Waals surface area contributed by atoms with E-state index in [9.17, 15) is 24.3 Å². The Labute approximate surface area is 416 Å². The van der Waals surface area contributed by atoms with Gasteiger partial charge in [0.25, 0.3) is 0 Å². The molecule has 1 fully saturated rings. The second kappa shape index (κ2) is 37.1. The highest BCUT2D eigenvalue weighted by molar-refractivity contribution is 7.13. The molecule has 1 aromatic carbocycles. The number of aromatic nitrogens is 1. The number of likely N-dealkylation sites (tertiary alicyclic amines) is 1. The maximum absolute atomic E-state index is 13.9. The number of carbonyl (C=O) groups is 4. The average Bonchev–Trinajstić information content (AvgIpc) is 3.95. The van der Waals surface area contributed by atoms with Gasteiger partial charge in [0.2, 0.25) is 17.7 Å². The van der Waals surface area contributed by atoms with E-state index in [4.69, 9.17) is 57.2 Å². The third kappa shape index (κ3) is 27.2. The highest BCUT2D eigenvalue weighted by atomic mass is 32.1. The molecule has 3 atom stereocenters. The first-order chi connectivity index (χ1) is 33.9. The quantitative estimate of drug-likeness (QED) is 0.0697. The molecule has 0 saturated carbocycles. The summed E-state index contributed by atoms with van der Waals surface area (Å²) in [7, 11) is 0. The molecule has 0 radical (unpaired) electrons. The largest absolute Gasteiger partial charge is 0.481 e. The summed E-state index contributed by atoms with van der Waals surface area (Å²) < 4.78 is 60.1. The number of carboxylic acid groups (broad SMARTS) is 1. The molecule has 1 saturated heterocycles. The standard InChI is InChI=1S/C48H78N4O17S/c1-37-44(70-36-50-37)39-9-7-38(8-10-39)33-49-46(57)41-32-40(53)34-52(41)47(58)45(48(2,3)4)51-42(54)35-69-31-30-68-29-28-67-27-26-66-25-24-65-23-22-64-21-20-63-19-18-62-17-16-61-15-14-60-13-12-59-11-5-6-43(55)56/h7-10,36,40-41,45,53H,5-6,11-35H2,1-4H3,(H,49,57)(H,51,54)(H,55,56). The lowest BCUT2D eigenvalue weighted by Crippen LogP contribution is -2.58. The fourth-order valence-corrected chi connectivity index (χ4v) is 7.48. The van der Waals surface area contributed by atoms with Crippen LogP contribution in [0.3, 0.4) is 0 Å². The highest BCUT2D eigenvalue weighted by Gasteiger charge is 2.44. The number of carboxylic acids is 1. The van der Waals surface area contributed by atoms with Crippen molar-refractivity contribution in [2.24, 2.45) is 5.41 Å². The van der Waals surface area contributed by atoms with Crippen molar-refractivity contribution in [3.63, 3.8) is 0 Å². The lowest BCUT2D eigenvalue weighted by molar-refractivity contribution is -0.144. The smallest absolute Gasteiger partial charge is 0.303 e. The molecule has 1 aliphatic heterocycles. The van der Waals surface area contributed by atoms with Gasteiger partial charge < -0.3 is 77.9 Å². The Morgan fingerprint density at radius 3 is 1.51 bits per heavy atom. The van der Waals surface area contributed by atoms with Crippen LogP contribution in [0.25, 0.3) is 10.4 Å². The maximum Gasteiger partial charge on any atom is 0.303 e. The average molecular weight is 1020 g/mol. The predicted molar refractivity (Wildman–Crippen MR) is 258 cm³/mol. The third-order valence-electron chi connectivity index (χ3n) is 10.3. The lowest BCUT2D eigenvalue weighted by Gasteiger charge is -2.35. The second-order valence-corrected chi connectivity index (χ2v) is 18.0. The van der Waals surface area contributed by atoms with E-state index in [2.05, 4.69) is 15.6 Å². The summed E-state index contributed by atoms with van der Waals surface area (Å²) >= 11 is 1.57. The van der Waals surface area contributed by atoms with E-state index in [1.807, 2.05) is 57.5 Å². The number of nitrogens with one attached hydrogen (secondary N) is 2. The monoisotopic (exact) mass is 1010 g/mol. The van der Waals surface area contributed by atoms with E-state index in [0.29, 0.717) is 132 Å². The normalized spacial score (nSPS) is 15.4. The van der Waals surface area contributed by atoms with Crippen LogP contribution in [0.5, 0.6) is 0 Å². The Morgan fingerprint density at radius 1 is 0.686 bits per heavy atom. The molecule has 398 valence electrons. The van der Waals surface area contributed by atoms with Crippen LogP contribution in [-0.2, 0) is 77.8 Å². The topological polar surface area (TPSA) is 250 Å². The molecule has 0 spiro atoms. The van der Waals surface area contributed by atoms with E-state index in [1.165, 1.54) is 4.90 Å². The number of carbonyl (C=O) groups excluding carboxylic acids is 3. The molecule has 21 nitrogen and oxygen atoms in total. The van der Waals surface area contributed by atoms with E-state index in [-0.39, 0.29) is 51.7 Å². The maximum atomic E-state index is 13.9. The summed E-state index contributed by atoms with van der Waals surface area (Å²) in [4.78, 5) is 57.3. The van der Waals surface area contributed by atoms with Gasteiger partial charge >= 0.3 is 5.97 Å². The Hall–Kier alpha value is -3.75. The van der Waals surface area contributed by atoms with Gasteiger partial charge in [-0.15, -0.1) is 11.3 Å². The number of β-amino-alcohol motifs (C(OH)–C–C–N with tert-alkyl or cyclic N) is 1. The van der Waals surface area contributed by atoms with Crippen molar-refractivity contribution in [1.82, 2.24) is 20.5 Å². The van der Waals surface area contributed by atoms with Crippen molar-refractivity contribution >= 4 is 35.0 Å². The number of thiazole rings is 1. The number of aliphatic hydroxyl groups excluding tert-OH is 1. The Balaban J connectivity index is 1.08. The molecule has 22 heteroatoms. The number of aliphatic hydroxyl groups is 1. The molecule has 3 unspecified atom stereocenters. The minimum Gasteiger partial charge on any atom is -0.481 e. The molecular weight excluding hydrogens is 937 g/mol. The first-order valence-electron chi connectivity index (χ1n) is 24.0. The molecule has 4 N–H and O–H groups in total. The molecule has 0 bridgehead atoms. The minimum atomic E-state index is -0.964. The zero-order valence-electron chi connectivity index (χ0n) is 41.5. The summed E-state index contributed by atoms with van der Waals surface area (Å²) in [6.07, 6.45) is -0.179. The van der Waals surface area contributed by atoms with E-state index < -0.39 is 41.4 Å². The highest BCUT2D eigenvalue weighted by Crippen LogP contribution is 2.28. The molecule has 70 heavy (non-hydrogen) atoms. The fraction of sp³-hybridized carbons (Fsp3) is 0.729. The van der Waals surface area contributed by atoms with Crippen LogP contribution in [-0.4, -0.2) is 214 Å². The van der Waals surface area contributed by atoms with Gasteiger partial charge in [0, 0.05) is 32.5 Å². The number of aryl methyl sites for hydroxylation is 1. The third-order valence-corrected chi connectivity index (χ3v) is 11.3. The van der Waals surface area contributed by atoms with E-state index >= 15 is 0 Å². The number of hydrogen-bond donors (Lipinski definition) is 4.